The molecule has 2 aliphatic rings. The Kier molecular flexibility index (Phi) is 8.50. The number of hydrogen-bond donors (Lipinski definition) is 1. The van der Waals surface area contributed by atoms with Gasteiger partial charge in [0.05, 0.1) is 36.0 Å². The summed E-state index contributed by atoms with van der Waals surface area (Å²) in [5, 5.41) is 3.33. The Morgan fingerprint density at radius 2 is 1.90 bits per heavy atom. The van der Waals surface area contributed by atoms with Crippen LogP contribution < -0.4 is 10.1 Å². The van der Waals surface area contributed by atoms with Crippen molar-refractivity contribution in [1.82, 2.24) is 14.9 Å². The zero-order valence-electron chi connectivity index (χ0n) is 21.1. The van der Waals surface area contributed by atoms with Crippen LogP contribution in [0.4, 0.5) is 29.1 Å². The number of anilines is 2. The van der Waals surface area contributed by atoms with E-state index in [0.717, 1.165) is 0 Å². The summed E-state index contributed by atoms with van der Waals surface area (Å²) in [4.78, 5) is 23.3. The van der Waals surface area contributed by atoms with Crippen molar-refractivity contribution in [2.24, 2.45) is 0 Å². The van der Waals surface area contributed by atoms with E-state index >= 15 is 0 Å². The van der Waals surface area contributed by atoms with Gasteiger partial charge in [-0.2, -0.15) is 13.2 Å². The lowest BCUT2D eigenvalue weighted by molar-refractivity contribution is -0.153. The monoisotopic (exact) mass is 580 g/mol. The second kappa shape index (κ2) is 12.0. The van der Waals surface area contributed by atoms with E-state index in [2.05, 4.69) is 20.2 Å². The average molecular weight is 581 g/mol. The maximum Gasteiger partial charge on any atom is 0.422 e. The zero-order valence-corrected chi connectivity index (χ0v) is 21.8. The molecule has 40 heavy (non-hydrogen) atoms. The van der Waals surface area contributed by atoms with Gasteiger partial charge in [-0.25, -0.2) is 14.4 Å². The first-order valence-corrected chi connectivity index (χ1v) is 12.9. The Hall–Kier alpha value is -3.32. The summed E-state index contributed by atoms with van der Waals surface area (Å²) in [7, 11) is 0. The number of ketones is 1. The minimum atomic E-state index is -4.57. The van der Waals surface area contributed by atoms with Crippen molar-refractivity contribution in [2.45, 2.75) is 24.8 Å². The molecule has 0 unspecified atom stereocenters. The second-order valence-corrected chi connectivity index (χ2v) is 9.85. The molecule has 8 nitrogen and oxygen atoms in total. The number of hydrogen-bond acceptors (Lipinski definition) is 8. The van der Waals surface area contributed by atoms with Gasteiger partial charge in [0.15, 0.2) is 12.4 Å². The Morgan fingerprint density at radius 3 is 2.60 bits per heavy atom. The lowest BCUT2D eigenvalue weighted by atomic mass is 10.0. The summed E-state index contributed by atoms with van der Waals surface area (Å²) in [6, 6.07) is 6.86. The van der Waals surface area contributed by atoms with Crippen LogP contribution in [0.15, 0.2) is 48.8 Å². The highest BCUT2D eigenvalue weighted by Crippen LogP contribution is 2.32. The Balaban J connectivity index is 1.35. The quantitative estimate of drug-likeness (QED) is 0.283. The van der Waals surface area contributed by atoms with Gasteiger partial charge in [0.25, 0.3) is 0 Å². The molecule has 3 aromatic rings. The third kappa shape index (κ3) is 7.05. The van der Waals surface area contributed by atoms with Gasteiger partial charge in [-0.1, -0.05) is 17.7 Å². The van der Waals surface area contributed by atoms with E-state index in [1.807, 2.05) is 0 Å². The summed E-state index contributed by atoms with van der Waals surface area (Å²) in [5.41, 5.74) is 0.951. The van der Waals surface area contributed by atoms with E-state index < -0.39 is 18.6 Å². The molecule has 1 N–H and O–H groups in total. The van der Waals surface area contributed by atoms with E-state index in [0.29, 0.717) is 49.7 Å². The van der Waals surface area contributed by atoms with Crippen LogP contribution in [-0.2, 0) is 20.7 Å². The maximum atomic E-state index is 13.6. The first-order chi connectivity index (χ1) is 19.1. The van der Waals surface area contributed by atoms with Crippen molar-refractivity contribution in [2.75, 3.05) is 44.8 Å². The summed E-state index contributed by atoms with van der Waals surface area (Å²) in [5.74, 6) is -0.736. The summed E-state index contributed by atoms with van der Waals surface area (Å²) in [6.07, 6.45) is -0.417. The number of ether oxygens (including phenoxy) is 3. The highest BCUT2D eigenvalue weighted by molar-refractivity contribution is 6.31. The predicted molar refractivity (Wildman–Crippen MR) is 140 cm³/mol. The first-order valence-electron chi connectivity index (χ1n) is 12.5. The van der Waals surface area contributed by atoms with Gasteiger partial charge in [-0.05, 0) is 30.3 Å². The number of carbonyl (C=O) groups is 1. The number of aromatic nitrogens is 2. The molecule has 5 rings (SSSR count). The van der Waals surface area contributed by atoms with Crippen LogP contribution >= 0.6 is 11.6 Å². The topological polar surface area (TPSA) is 85.8 Å². The molecule has 2 saturated heterocycles. The Morgan fingerprint density at radius 1 is 1.15 bits per heavy atom. The Bertz CT molecular complexity index is 1410. The molecule has 2 atom stereocenters. The van der Waals surface area contributed by atoms with Gasteiger partial charge in [-0.15, -0.1) is 0 Å². The number of halogens is 5. The van der Waals surface area contributed by atoms with Crippen LogP contribution in [0, 0.1) is 5.82 Å². The third-order valence-electron chi connectivity index (χ3n) is 6.46. The number of likely N-dealkylation sites (tertiary alicyclic amines) is 1. The summed E-state index contributed by atoms with van der Waals surface area (Å²) >= 11 is 5.87. The highest BCUT2D eigenvalue weighted by Gasteiger charge is 2.36. The van der Waals surface area contributed by atoms with Gasteiger partial charge >= 0.3 is 6.18 Å². The fraction of sp³-hybridized carbons (Fsp3) is 0.370. The fourth-order valence-corrected chi connectivity index (χ4v) is 4.82. The van der Waals surface area contributed by atoms with Gasteiger partial charge in [0.1, 0.15) is 23.7 Å². The van der Waals surface area contributed by atoms with Crippen molar-refractivity contribution in [3.63, 3.8) is 0 Å². The molecule has 2 fully saturated rings. The second-order valence-electron chi connectivity index (χ2n) is 9.44. The smallest absolute Gasteiger partial charge is 0.422 e. The van der Waals surface area contributed by atoms with E-state index in [1.165, 1.54) is 42.7 Å². The molecule has 0 bridgehead atoms. The minimum absolute atomic E-state index is 0.0137. The van der Waals surface area contributed by atoms with Gasteiger partial charge in [0, 0.05) is 48.8 Å². The van der Waals surface area contributed by atoms with Gasteiger partial charge < -0.3 is 19.5 Å². The molecule has 212 valence electrons. The van der Waals surface area contributed by atoms with Crippen LogP contribution in [0.5, 0.6) is 5.75 Å². The molecule has 2 aromatic carbocycles. The number of fused-ring (bicyclic) bond motifs is 2. The van der Waals surface area contributed by atoms with Crippen molar-refractivity contribution >= 4 is 39.8 Å². The molecule has 0 radical (unpaired) electrons. The van der Waals surface area contributed by atoms with Crippen LogP contribution in [0.3, 0.4) is 0 Å². The molecular weight excluding hydrogens is 556 g/mol. The number of rotatable bonds is 9. The van der Waals surface area contributed by atoms with E-state index in [-0.39, 0.29) is 46.3 Å². The van der Waals surface area contributed by atoms with Gasteiger partial charge in [-0.3, -0.25) is 9.69 Å². The normalized spacial score (nSPS) is 19.7. The number of benzene rings is 2. The SMILES string of the molecule is O=C(/C=C/CN1C[C@@H]2OCCO[C@H]2C1)Cc1cc2c(Nc3ccc(F)c(Cl)c3)ncnc2cc1OCC(F)(F)F. The van der Waals surface area contributed by atoms with Crippen molar-refractivity contribution in [3.8, 4) is 5.75 Å². The summed E-state index contributed by atoms with van der Waals surface area (Å²) < 4.78 is 68.9. The molecule has 0 amide bonds. The number of alkyl halides is 3. The standard InChI is InChI=1S/C27H25ClF4N4O4/c28-20-10-17(3-4-21(20)29)35-26-19-9-16(23(40-14-27(30,31)32)11-22(19)33-15-34-26)8-18(37)2-1-5-36-12-24-25(13-36)39-7-6-38-24/h1-4,9-11,15,24-25H,5-8,12-14H2,(H,33,34,35)/b2-1+/t24-,25-/m0/s1. The van der Waals surface area contributed by atoms with Crippen molar-refractivity contribution in [3.05, 3.63) is 65.2 Å². The third-order valence-corrected chi connectivity index (χ3v) is 6.75. The minimum Gasteiger partial charge on any atom is -0.484 e. The van der Waals surface area contributed by atoms with Crippen LogP contribution in [0.25, 0.3) is 10.9 Å². The lowest BCUT2D eigenvalue weighted by Gasteiger charge is -2.24. The maximum absolute atomic E-state index is 13.6. The molecular formula is C27H25ClF4N4O4. The molecule has 0 aliphatic carbocycles. The fourth-order valence-electron chi connectivity index (χ4n) is 4.64. The molecule has 0 saturated carbocycles. The van der Waals surface area contributed by atoms with Gasteiger partial charge in [0.2, 0.25) is 0 Å². The Labute approximate surface area is 231 Å². The van der Waals surface area contributed by atoms with E-state index in [9.17, 15) is 22.4 Å². The van der Waals surface area contributed by atoms with Crippen molar-refractivity contribution < 1.29 is 36.6 Å². The largest absolute Gasteiger partial charge is 0.484 e. The average Bonchev–Trinajstić information content (AvgIpc) is 3.32. The number of nitrogens with zero attached hydrogens (tertiary/aromatic N) is 3. The summed E-state index contributed by atoms with van der Waals surface area (Å²) in [6.45, 7) is 1.49. The molecule has 13 heteroatoms. The zero-order chi connectivity index (χ0) is 28.3. The molecule has 1 aromatic heterocycles. The van der Waals surface area contributed by atoms with E-state index in [1.54, 1.807) is 6.08 Å². The van der Waals surface area contributed by atoms with Crippen LogP contribution in [0.2, 0.25) is 5.02 Å². The highest BCUT2D eigenvalue weighted by atomic mass is 35.5. The lowest BCUT2D eigenvalue weighted by Crippen LogP contribution is -2.36. The first kappa shape index (κ1) is 28.2. The number of allylic oxidation sites excluding steroid dienone is 1. The van der Waals surface area contributed by atoms with Crippen molar-refractivity contribution in [1.29, 1.82) is 0 Å². The van der Waals surface area contributed by atoms with Crippen LogP contribution in [0.1, 0.15) is 5.56 Å². The van der Waals surface area contributed by atoms with E-state index in [4.69, 9.17) is 25.8 Å². The molecule has 3 heterocycles. The molecule has 0 spiro atoms. The predicted octanol–water partition coefficient (Wildman–Crippen LogP) is 4.87. The number of carbonyl (C=O) groups excluding carboxylic acids is 1. The van der Waals surface area contributed by atoms with Crippen LogP contribution in [-0.4, -0.2) is 78.5 Å². The molecule has 2 aliphatic heterocycles. The number of nitrogens with one attached hydrogen (secondary N) is 1.